The number of hydrogen-bond donors (Lipinski definition) is 2. The van der Waals surface area contributed by atoms with E-state index in [4.69, 9.17) is 11.6 Å². The van der Waals surface area contributed by atoms with Crippen LogP contribution in [0.5, 0.6) is 5.75 Å². The number of anilines is 1. The van der Waals surface area contributed by atoms with Crippen LogP contribution in [0.4, 0.5) is 5.69 Å². The van der Waals surface area contributed by atoms with Crippen LogP contribution in [0, 0.1) is 0 Å². The minimum absolute atomic E-state index is 0.131. The van der Waals surface area contributed by atoms with Crippen molar-refractivity contribution in [3.8, 4) is 5.75 Å². The van der Waals surface area contributed by atoms with Gasteiger partial charge in [0.15, 0.2) is 0 Å². The summed E-state index contributed by atoms with van der Waals surface area (Å²) in [5, 5.41) is 19.5. The first-order valence-corrected chi connectivity index (χ1v) is 4.99. The first kappa shape index (κ1) is 9.62. The fraction of sp³-hybridized carbons (Fsp3) is 0.400. The second-order valence-electron chi connectivity index (χ2n) is 3.48. The third kappa shape index (κ3) is 1.79. The standard InChI is InChI=1S/C10H12ClNO2/c11-7-4-8(6-9(13)5-7)12-3-1-2-10(12)14/h4-6,10,13-14H,1-3H2. The summed E-state index contributed by atoms with van der Waals surface area (Å²) < 4.78 is 0. The smallest absolute Gasteiger partial charge is 0.126 e. The van der Waals surface area contributed by atoms with E-state index in [1.807, 2.05) is 4.90 Å². The van der Waals surface area contributed by atoms with Crippen LogP contribution in [-0.4, -0.2) is 23.0 Å². The Balaban J connectivity index is 2.31. The van der Waals surface area contributed by atoms with E-state index in [2.05, 4.69) is 0 Å². The molecule has 76 valence electrons. The quantitative estimate of drug-likeness (QED) is 0.750. The zero-order chi connectivity index (χ0) is 10.1. The Bertz CT molecular complexity index is 323. The van der Waals surface area contributed by atoms with Gasteiger partial charge in [0.05, 0.1) is 0 Å². The molecule has 2 rings (SSSR count). The van der Waals surface area contributed by atoms with Gasteiger partial charge in [-0.25, -0.2) is 0 Å². The van der Waals surface area contributed by atoms with Gasteiger partial charge in [0.1, 0.15) is 12.0 Å². The van der Waals surface area contributed by atoms with Crippen molar-refractivity contribution < 1.29 is 10.2 Å². The van der Waals surface area contributed by atoms with E-state index in [1.165, 1.54) is 6.07 Å². The predicted octanol–water partition coefficient (Wildman–Crippen LogP) is 1.96. The average Bonchev–Trinajstić information content (AvgIpc) is 2.49. The van der Waals surface area contributed by atoms with E-state index in [1.54, 1.807) is 12.1 Å². The number of phenols is 1. The average molecular weight is 214 g/mol. The molecule has 14 heavy (non-hydrogen) atoms. The molecule has 1 fully saturated rings. The van der Waals surface area contributed by atoms with Gasteiger partial charge in [0, 0.05) is 23.3 Å². The van der Waals surface area contributed by atoms with Gasteiger partial charge in [0.25, 0.3) is 0 Å². The van der Waals surface area contributed by atoms with Gasteiger partial charge in [-0.2, -0.15) is 0 Å². The summed E-state index contributed by atoms with van der Waals surface area (Å²) in [4.78, 5) is 1.84. The Morgan fingerprint density at radius 3 is 2.71 bits per heavy atom. The van der Waals surface area contributed by atoms with Gasteiger partial charge in [-0.05, 0) is 25.0 Å². The van der Waals surface area contributed by atoms with Crippen LogP contribution in [0.1, 0.15) is 12.8 Å². The summed E-state index contributed by atoms with van der Waals surface area (Å²) in [5.41, 5.74) is 0.778. The highest BCUT2D eigenvalue weighted by atomic mass is 35.5. The zero-order valence-electron chi connectivity index (χ0n) is 7.65. The van der Waals surface area contributed by atoms with Gasteiger partial charge in [-0.3, -0.25) is 0 Å². The number of halogens is 1. The van der Waals surface area contributed by atoms with E-state index in [0.29, 0.717) is 5.02 Å². The molecule has 0 saturated carbocycles. The molecule has 0 aromatic heterocycles. The summed E-state index contributed by atoms with van der Waals surface area (Å²) in [6.07, 6.45) is 1.29. The summed E-state index contributed by atoms with van der Waals surface area (Å²) in [6, 6.07) is 4.84. The van der Waals surface area contributed by atoms with Crippen molar-refractivity contribution in [2.24, 2.45) is 0 Å². The Hall–Kier alpha value is -0.930. The lowest BCUT2D eigenvalue weighted by atomic mass is 10.2. The molecule has 1 aliphatic heterocycles. The molecule has 1 aliphatic rings. The SMILES string of the molecule is Oc1cc(Cl)cc(N2CCCC2O)c1. The largest absolute Gasteiger partial charge is 0.508 e. The van der Waals surface area contributed by atoms with Crippen molar-refractivity contribution in [3.63, 3.8) is 0 Å². The van der Waals surface area contributed by atoms with Crippen LogP contribution in [0.25, 0.3) is 0 Å². The lowest BCUT2D eigenvalue weighted by Gasteiger charge is -2.22. The molecule has 1 atom stereocenters. The van der Waals surface area contributed by atoms with Crippen molar-refractivity contribution in [1.82, 2.24) is 0 Å². The van der Waals surface area contributed by atoms with Gasteiger partial charge >= 0.3 is 0 Å². The number of aliphatic hydroxyl groups excluding tert-OH is 1. The van der Waals surface area contributed by atoms with Crippen LogP contribution in [0.3, 0.4) is 0 Å². The molecular weight excluding hydrogens is 202 g/mol. The van der Waals surface area contributed by atoms with Crippen molar-refractivity contribution in [2.75, 3.05) is 11.4 Å². The van der Waals surface area contributed by atoms with Gasteiger partial charge in [-0.1, -0.05) is 11.6 Å². The normalized spacial score (nSPS) is 21.6. The second kappa shape index (κ2) is 3.67. The fourth-order valence-corrected chi connectivity index (χ4v) is 2.00. The maximum atomic E-state index is 9.63. The summed E-state index contributed by atoms with van der Waals surface area (Å²) in [6.45, 7) is 0.806. The predicted molar refractivity (Wildman–Crippen MR) is 55.7 cm³/mol. The number of aromatic hydroxyl groups is 1. The lowest BCUT2D eigenvalue weighted by molar-refractivity contribution is 0.185. The number of phenolic OH excluding ortho intramolecular Hbond substituents is 1. The number of nitrogens with zero attached hydrogens (tertiary/aromatic N) is 1. The van der Waals surface area contributed by atoms with Crippen LogP contribution in [-0.2, 0) is 0 Å². The summed E-state index contributed by atoms with van der Waals surface area (Å²) in [7, 11) is 0. The van der Waals surface area contributed by atoms with Crippen LogP contribution >= 0.6 is 11.6 Å². The minimum Gasteiger partial charge on any atom is -0.508 e. The van der Waals surface area contributed by atoms with Gasteiger partial charge in [0.2, 0.25) is 0 Å². The Morgan fingerprint density at radius 1 is 1.36 bits per heavy atom. The first-order chi connectivity index (χ1) is 6.66. The summed E-state index contributed by atoms with van der Waals surface area (Å²) in [5.74, 6) is 0.131. The maximum Gasteiger partial charge on any atom is 0.126 e. The molecule has 3 nitrogen and oxygen atoms in total. The highest BCUT2D eigenvalue weighted by Crippen LogP contribution is 2.30. The number of aliphatic hydroxyl groups is 1. The van der Waals surface area contributed by atoms with E-state index in [-0.39, 0.29) is 5.75 Å². The Morgan fingerprint density at radius 2 is 2.14 bits per heavy atom. The van der Waals surface area contributed by atoms with Crippen LogP contribution in [0.2, 0.25) is 5.02 Å². The van der Waals surface area contributed by atoms with Gasteiger partial charge in [-0.15, -0.1) is 0 Å². The minimum atomic E-state index is -0.451. The first-order valence-electron chi connectivity index (χ1n) is 4.61. The molecule has 0 amide bonds. The third-order valence-electron chi connectivity index (χ3n) is 2.42. The second-order valence-corrected chi connectivity index (χ2v) is 3.92. The Labute approximate surface area is 87.5 Å². The molecule has 1 aromatic carbocycles. The molecule has 0 bridgehead atoms. The van der Waals surface area contributed by atoms with E-state index in [9.17, 15) is 10.2 Å². The Kier molecular flexibility index (Phi) is 2.52. The van der Waals surface area contributed by atoms with Crippen LogP contribution < -0.4 is 4.90 Å². The molecule has 1 unspecified atom stereocenters. The van der Waals surface area contributed by atoms with Crippen molar-refractivity contribution in [1.29, 1.82) is 0 Å². The third-order valence-corrected chi connectivity index (χ3v) is 2.64. The van der Waals surface area contributed by atoms with Crippen molar-refractivity contribution in [2.45, 2.75) is 19.1 Å². The molecular formula is C10H12ClNO2. The van der Waals surface area contributed by atoms with E-state index in [0.717, 1.165) is 25.1 Å². The fourth-order valence-electron chi connectivity index (χ4n) is 1.78. The molecule has 0 spiro atoms. The number of rotatable bonds is 1. The lowest BCUT2D eigenvalue weighted by Crippen LogP contribution is -2.28. The summed E-state index contributed by atoms with van der Waals surface area (Å²) >= 11 is 5.81. The highest BCUT2D eigenvalue weighted by molar-refractivity contribution is 6.31. The van der Waals surface area contributed by atoms with E-state index < -0.39 is 6.23 Å². The molecule has 0 aliphatic carbocycles. The number of benzene rings is 1. The van der Waals surface area contributed by atoms with Crippen molar-refractivity contribution in [3.05, 3.63) is 23.2 Å². The highest BCUT2D eigenvalue weighted by Gasteiger charge is 2.22. The topological polar surface area (TPSA) is 43.7 Å². The monoisotopic (exact) mass is 213 g/mol. The van der Waals surface area contributed by atoms with E-state index >= 15 is 0 Å². The number of hydrogen-bond acceptors (Lipinski definition) is 3. The molecule has 0 radical (unpaired) electrons. The maximum absolute atomic E-state index is 9.63. The molecule has 1 saturated heterocycles. The zero-order valence-corrected chi connectivity index (χ0v) is 8.41. The van der Waals surface area contributed by atoms with Crippen molar-refractivity contribution >= 4 is 17.3 Å². The molecule has 1 aromatic rings. The van der Waals surface area contributed by atoms with Gasteiger partial charge < -0.3 is 15.1 Å². The molecule has 2 N–H and O–H groups in total. The van der Waals surface area contributed by atoms with Crippen LogP contribution in [0.15, 0.2) is 18.2 Å². The molecule has 1 heterocycles. The molecule has 4 heteroatoms.